The van der Waals surface area contributed by atoms with E-state index in [2.05, 4.69) is 225 Å². The van der Waals surface area contributed by atoms with Gasteiger partial charge < -0.3 is 9.55 Å². The molecule has 12 rings (SSSR count). The van der Waals surface area contributed by atoms with E-state index in [-0.39, 0.29) is 20.1 Å². The van der Waals surface area contributed by atoms with Crippen LogP contribution in [0, 0.1) is 18.1 Å². The van der Waals surface area contributed by atoms with Gasteiger partial charge >= 0.3 is 0 Å². The summed E-state index contributed by atoms with van der Waals surface area (Å²) in [5.74, 6) is 1.56. The molecule has 8 aromatic carbocycles. The van der Waals surface area contributed by atoms with Crippen LogP contribution in [0.4, 0.5) is 0 Å². The molecule has 0 fully saturated rings. The first kappa shape index (κ1) is 48.1. The summed E-state index contributed by atoms with van der Waals surface area (Å²) in [5.41, 5.74) is 18.1. The van der Waals surface area contributed by atoms with Crippen LogP contribution >= 0.6 is 11.3 Å². The van der Waals surface area contributed by atoms with Crippen LogP contribution in [-0.4, -0.2) is 22.6 Å². The second-order valence-corrected chi connectivity index (χ2v) is 26.3. The number of nitrogens with zero attached hydrogens (tertiary/aromatic N) is 3. The zero-order valence-corrected chi connectivity index (χ0v) is 45.3. The SMILES string of the molecule is CC(C)Cc1cc(-c2[c-]cccc2)ncc1[Si](C)(C)C.[Ir].[c-]1cc2sc3c(-c4ccc5c(c4)CCCC5)cccc3c2cc1-c1nc2ccccc2n1-c1cc(-c2ccccc2)ccc1-c1ccccc1. The summed E-state index contributed by atoms with van der Waals surface area (Å²) in [6, 6.07) is 72.3. The van der Waals surface area contributed by atoms with Crippen molar-refractivity contribution in [1.29, 1.82) is 0 Å². The monoisotopic (exact) mass is 1130 g/mol. The molecule has 1 aliphatic carbocycles. The maximum Gasteiger partial charge on any atom is 0.0798 e. The molecule has 0 aliphatic heterocycles. The van der Waals surface area contributed by atoms with Crippen molar-refractivity contribution >= 4 is 55.8 Å². The Labute approximate surface area is 437 Å². The van der Waals surface area contributed by atoms with Crippen molar-refractivity contribution in [3.05, 3.63) is 217 Å². The van der Waals surface area contributed by atoms with Gasteiger partial charge in [-0.1, -0.05) is 172 Å². The van der Waals surface area contributed by atoms with Crippen LogP contribution in [0.3, 0.4) is 0 Å². The molecular formula is C65H57IrN3SSi-2. The third-order valence-electron chi connectivity index (χ3n) is 13.7. The molecule has 0 saturated heterocycles. The molecule has 0 bridgehead atoms. The first-order valence-electron chi connectivity index (χ1n) is 24.8. The molecule has 0 amide bonds. The Morgan fingerprint density at radius 3 is 2.11 bits per heavy atom. The van der Waals surface area contributed by atoms with Crippen molar-refractivity contribution in [2.24, 2.45) is 5.92 Å². The molecule has 0 N–H and O–H groups in total. The van der Waals surface area contributed by atoms with Gasteiger partial charge in [-0.05, 0) is 116 Å². The second kappa shape index (κ2) is 20.7. The summed E-state index contributed by atoms with van der Waals surface area (Å²) < 4.78 is 4.92. The van der Waals surface area contributed by atoms with Gasteiger partial charge in [0.15, 0.2) is 0 Å². The van der Waals surface area contributed by atoms with Crippen LogP contribution in [0.15, 0.2) is 188 Å². The zero-order valence-electron chi connectivity index (χ0n) is 41.1. The summed E-state index contributed by atoms with van der Waals surface area (Å²) in [6.45, 7) is 11.7. The number of benzene rings is 8. The van der Waals surface area contributed by atoms with E-state index in [1.807, 2.05) is 29.5 Å². The van der Waals surface area contributed by atoms with E-state index in [1.165, 1.54) is 95.5 Å². The predicted octanol–water partition coefficient (Wildman–Crippen LogP) is 17.0. The van der Waals surface area contributed by atoms with Crippen LogP contribution in [-0.2, 0) is 39.4 Å². The molecular weight excluding hydrogens is 1080 g/mol. The number of aryl methyl sites for hydroxylation is 2. The van der Waals surface area contributed by atoms with Gasteiger partial charge in [-0.3, -0.25) is 4.98 Å². The third-order valence-corrected chi connectivity index (χ3v) is 17.0. The largest absolute Gasteiger partial charge is 0.333 e. The number of thiophene rings is 1. The number of imidazole rings is 1. The second-order valence-electron chi connectivity index (χ2n) is 20.2. The van der Waals surface area contributed by atoms with Crippen molar-refractivity contribution in [3.63, 3.8) is 0 Å². The van der Waals surface area contributed by atoms with Gasteiger partial charge in [0.05, 0.1) is 24.9 Å². The molecule has 71 heavy (non-hydrogen) atoms. The third kappa shape index (κ3) is 9.92. The normalized spacial score (nSPS) is 12.4. The van der Waals surface area contributed by atoms with Crippen LogP contribution in [0.5, 0.6) is 0 Å². The van der Waals surface area contributed by atoms with Crippen LogP contribution < -0.4 is 5.19 Å². The number of fused-ring (bicyclic) bond motifs is 5. The van der Waals surface area contributed by atoms with Gasteiger partial charge in [0.1, 0.15) is 0 Å². The summed E-state index contributed by atoms with van der Waals surface area (Å²) >= 11 is 1.87. The molecule has 3 heterocycles. The Kier molecular flexibility index (Phi) is 14.0. The number of hydrogen-bond acceptors (Lipinski definition) is 3. The topological polar surface area (TPSA) is 30.7 Å². The molecule has 6 heteroatoms. The molecule has 0 unspecified atom stereocenters. The Balaban J connectivity index is 0.000000234. The van der Waals surface area contributed by atoms with Gasteiger partial charge in [-0.2, -0.15) is 11.3 Å². The maximum atomic E-state index is 5.31. The van der Waals surface area contributed by atoms with Gasteiger partial charge in [0, 0.05) is 42.3 Å². The number of hydrogen-bond donors (Lipinski definition) is 0. The van der Waals surface area contributed by atoms with E-state index in [9.17, 15) is 0 Å². The molecule has 3 aromatic heterocycles. The molecule has 353 valence electrons. The van der Waals surface area contributed by atoms with E-state index in [0.717, 1.165) is 51.4 Å². The van der Waals surface area contributed by atoms with E-state index < -0.39 is 8.07 Å². The minimum atomic E-state index is -1.34. The first-order chi connectivity index (χ1) is 34.2. The van der Waals surface area contributed by atoms with Gasteiger partial charge in [0.2, 0.25) is 0 Å². The van der Waals surface area contributed by atoms with E-state index in [0.29, 0.717) is 5.92 Å². The smallest absolute Gasteiger partial charge is 0.0798 e. The number of aromatic nitrogens is 3. The fraction of sp³-hybridized carbons (Fsp3) is 0.169. The Morgan fingerprint density at radius 2 is 1.35 bits per heavy atom. The first-order valence-corrected chi connectivity index (χ1v) is 29.2. The zero-order chi connectivity index (χ0) is 47.8. The van der Waals surface area contributed by atoms with E-state index >= 15 is 0 Å². The molecule has 0 spiro atoms. The number of rotatable bonds is 9. The van der Waals surface area contributed by atoms with Crippen LogP contribution in [0.25, 0.3) is 92.9 Å². The van der Waals surface area contributed by atoms with Crippen molar-refractivity contribution < 1.29 is 20.1 Å². The number of pyridine rings is 1. The van der Waals surface area contributed by atoms with E-state index in [1.54, 1.807) is 0 Å². The summed E-state index contributed by atoms with van der Waals surface area (Å²) in [4.78, 5) is 10.00. The van der Waals surface area contributed by atoms with Crippen molar-refractivity contribution in [1.82, 2.24) is 14.5 Å². The molecule has 0 saturated carbocycles. The Bertz CT molecular complexity index is 3650. The molecule has 11 aromatic rings. The van der Waals surface area contributed by atoms with Crippen LogP contribution in [0.2, 0.25) is 19.6 Å². The van der Waals surface area contributed by atoms with E-state index in [4.69, 9.17) is 4.98 Å². The standard InChI is InChI=1S/C47H33N2S.C18H24NSi.Ir/c1-3-12-31(13-4-1)35-24-26-38(33-15-5-2-6-16-33)44(30-35)49-43-21-10-9-20-42(43)48-47(49)37-25-27-45-41(29-37)40-19-11-18-39(46(40)50-45)36-23-22-32-14-7-8-17-34(32)28-36;1-14(2)11-16-12-17(15-9-7-6-8-10-15)19-13-18(16)20(3,4)5;/h1-6,9-13,15-16,18-24,26-30H,7-8,14,17H2;6-9,12-14H,11H2,1-5H3;/q2*-1;. The molecule has 1 aliphatic rings. The quantitative estimate of drug-likeness (QED) is 0.107. The maximum absolute atomic E-state index is 5.31. The Morgan fingerprint density at radius 1 is 0.620 bits per heavy atom. The van der Waals surface area contributed by atoms with Crippen LogP contribution in [0.1, 0.15) is 43.4 Å². The summed E-state index contributed by atoms with van der Waals surface area (Å²) in [6.07, 6.45) is 8.22. The van der Waals surface area contributed by atoms with Crippen molar-refractivity contribution in [2.75, 3.05) is 0 Å². The number of para-hydroxylation sites is 2. The average Bonchev–Trinajstić information content (AvgIpc) is 3.97. The van der Waals surface area contributed by atoms with Gasteiger partial charge in [-0.15, -0.1) is 59.7 Å². The predicted molar refractivity (Wildman–Crippen MR) is 301 cm³/mol. The Hall–Kier alpha value is -6.53. The molecule has 0 atom stereocenters. The van der Waals surface area contributed by atoms with Gasteiger partial charge in [-0.25, -0.2) is 0 Å². The molecule has 1 radical (unpaired) electrons. The minimum Gasteiger partial charge on any atom is -0.333 e. The summed E-state index contributed by atoms with van der Waals surface area (Å²) in [7, 11) is -1.34. The van der Waals surface area contributed by atoms with Crippen molar-refractivity contribution in [2.45, 2.75) is 65.6 Å². The summed E-state index contributed by atoms with van der Waals surface area (Å²) in [5, 5.41) is 4.03. The molecule has 3 nitrogen and oxygen atoms in total. The fourth-order valence-corrected chi connectivity index (χ4v) is 13.1. The minimum absolute atomic E-state index is 0. The van der Waals surface area contributed by atoms with Crippen molar-refractivity contribution in [3.8, 4) is 61.7 Å². The fourth-order valence-electron chi connectivity index (χ4n) is 10.3. The average molecular weight is 1130 g/mol. The van der Waals surface area contributed by atoms with Gasteiger partial charge in [0.25, 0.3) is 0 Å².